The maximum Gasteiger partial charge on any atom is 0.123 e. The average molecular weight is 329 g/mol. The quantitative estimate of drug-likeness (QED) is 0.843. The molecule has 3 unspecified atom stereocenters. The van der Waals surface area contributed by atoms with Crippen LogP contribution in [0.2, 0.25) is 0 Å². The number of hydrogen-bond donors (Lipinski definition) is 0. The van der Waals surface area contributed by atoms with Crippen LogP contribution in [0.4, 0.5) is 0 Å². The Kier molecular flexibility index (Phi) is 4.83. The molecule has 4 heteroatoms. The molecular weight excluding hydrogens is 306 g/mol. The Morgan fingerprint density at radius 2 is 1.91 bits per heavy atom. The van der Waals surface area contributed by atoms with Crippen LogP contribution in [0.1, 0.15) is 18.1 Å². The first-order valence-electron chi connectivity index (χ1n) is 7.92. The van der Waals surface area contributed by atoms with Crippen LogP contribution in [0.15, 0.2) is 53.4 Å². The summed E-state index contributed by atoms with van der Waals surface area (Å²) < 4.78 is 17.5. The summed E-state index contributed by atoms with van der Waals surface area (Å²) in [5.41, 5.74) is 2.52. The first-order valence-corrected chi connectivity index (χ1v) is 9.47. The fraction of sp³-hybridized carbons (Fsp3) is 0.368. The molecule has 1 aliphatic heterocycles. The van der Waals surface area contributed by atoms with Crippen LogP contribution in [0.25, 0.3) is 0 Å². The van der Waals surface area contributed by atoms with E-state index < -0.39 is 10.8 Å². The SMILES string of the molecule is CC(C1Cc2ccccc2O1)N(C)Cc1ccc(S(C)=O)cc1. The predicted molar refractivity (Wildman–Crippen MR) is 94.3 cm³/mol. The van der Waals surface area contributed by atoms with Crippen molar-refractivity contribution in [1.82, 2.24) is 4.90 Å². The number of rotatable bonds is 5. The summed E-state index contributed by atoms with van der Waals surface area (Å²) in [6.45, 7) is 3.07. The van der Waals surface area contributed by atoms with E-state index in [1.54, 1.807) is 6.26 Å². The van der Waals surface area contributed by atoms with Crippen molar-refractivity contribution in [3.63, 3.8) is 0 Å². The Morgan fingerprint density at radius 3 is 2.57 bits per heavy atom. The first kappa shape index (κ1) is 16.2. The van der Waals surface area contributed by atoms with Crippen LogP contribution in [-0.2, 0) is 23.8 Å². The molecule has 0 aromatic heterocycles. The Hall–Kier alpha value is -1.65. The van der Waals surface area contributed by atoms with E-state index in [1.165, 1.54) is 11.1 Å². The normalized spacial score (nSPS) is 19.2. The third kappa shape index (κ3) is 3.65. The Balaban J connectivity index is 1.62. The largest absolute Gasteiger partial charge is 0.488 e. The number of ether oxygens (including phenoxy) is 1. The molecule has 0 saturated carbocycles. The molecule has 3 atom stereocenters. The second kappa shape index (κ2) is 6.85. The number of hydrogen-bond acceptors (Lipinski definition) is 3. The topological polar surface area (TPSA) is 29.5 Å². The van der Waals surface area contributed by atoms with Gasteiger partial charge < -0.3 is 4.74 Å². The fourth-order valence-electron chi connectivity index (χ4n) is 2.98. The van der Waals surface area contributed by atoms with Crippen molar-refractivity contribution in [2.24, 2.45) is 0 Å². The average Bonchev–Trinajstić information content (AvgIpc) is 2.98. The molecule has 3 rings (SSSR count). The van der Waals surface area contributed by atoms with Crippen molar-refractivity contribution in [2.75, 3.05) is 13.3 Å². The van der Waals surface area contributed by atoms with Crippen LogP contribution in [0, 0.1) is 0 Å². The van der Waals surface area contributed by atoms with Crippen molar-refractivity contribution in [2.45, 2.75) is 36.9 Å². The van der Waals surface area contributed by atoms with E-state index in [4.69, 9.17) is 4.74 Å². The molecular formula is C19H23NO2S. The minimum absolute atomic E-state index is 0.194. The van der Waals surface area contributed by atoms with Gasteiger partial charge in [-0.3, -0.25) is 9.11 Å². The van der Waals surface area contributed by atoms with Crippen molar-refractivity contribution in [1.29, 1.82) is 0 Å². The second-order valence-electron chi connectivity index (χ2n) is 6.22. The zero-order chi connectivity index (χ0) is 16.4. The van der Waals surface area contributed by atoms with E-state index >= 15 is 0 Å². The van der Waals surface area contributed by atoms with Gasteiger partial charge in [-0.15, -0.1) is 0 Å². The van der Waals surface area contributed by atoms with Gasteiger partial charge in [0.25, 0.3) is 0 Å². The summed E-state index contributed by atoms with van der Waals surface area (Å²) in [5, 5.41) is 0. The molecule has 2 aromatic rings. The number of para-hydroxylation sites is 1. The summed E-state index contributed by atoms with van der Waals surface area (Å²) in [5.74, 6) is 1.02. The molecule has 0 radical (unpaired) electrons. The first-order chi connectivity index (χ1) is 11.0. The van der Waals surface area contributed by atoms with Gasteiger partial charge in [0.15, 0.2) is 0 Å². The van der Waals surface area contributed by atoms with Gasteiger partial charge in [-0.05, 0) is 43.3 Å². The maximum atomic E-state index is 11.5. The summed E-state index contributed by atoms with van der Waals surface area (Å²) in [7, 11) is 1.21. The lowest BCUT2D eigenvalue weighted by Crippen LogP contribution is -2.41. The maximum absolute atomic E-state index is 11.5. The highest BCUT2D eigenvalue weighted by atomic mass is 32.2. The molecule has 0 fully saturated rings. The highest BCUT2D eigenvalue weighted by molar-refractivity contribution is 7.84. The molecule has 0 bridgehead atoms. The number of benzene rings is 2. The molecule has 122 valence electrons. The molecule has 0 saturated heterocycles. The Morgan fingerprint density at radius 1 is 1.22 bits per heavy atom. The van der Waals surface area contributed by atoms with Crippen molar-refractivity contribution in [3.05, 3.63) is 59.7 Å². The van der Waals surface area contributed by atoms with Crippen LogP contribution in [0.5, 0.6) is 5.75 Å². The highest BCUT2D eigenvalue weighted by Crippen LogP contribution is 2.30. The molecule has 0 spiro atoms. The lowest BCUT2D eigenvalue weighted by atomic mass is 10.0. The number of fused-ring (bicyclic) bond motifs is 1. The summed E-state index contributed by atoms with van der Waals surface area (Å²) in [6.07, 6.45) is 2.87. The van der Waals surface area contributed by atoms with Gasteiger partial charge in [0.2, 0.25) is 0 Å². The van der Waals surface area contributed by atoms with Gasteiger partial charge in [-0.2, -0.15) is 0 Å². The molecule has 1 heterocycles. The van der Waals surface area contributed by atoms with Gasteiger partial charge in [0.05, 0.1) is 0 Å². The molecule has 2 aromatic carbocycles. The van der Waals surface area contributed by atoms with Crippen LogP contribution < -0.4 is 4.74 Å². The summed E-state index contributed by atoms with van der Waals surface area (Å²) in [4.78, 5) is 3.19. The van der Waals surface area contributed by atoms with Crippen molar-refractivity contribution in [3.8, 4) is 5.75 Å². The molecule has 0 aliphatic carbocycles. The van der Waals surface area contributed by atoms with E-state index in [0.717, 1.165) is 23.6 Å². The summed E-state index contributed by atoms with van der Waals surface area (Å²) in [6, 6.07) is 16.6. The smallest absolute Gasteiger partial charge is 0.123 e. The van der Waals surface area contributed by atoms with Crippen LogP contribution in [0.3, 0.4) is 0 Å². The van der Waals surface area contributed by atoms with Crippen molar-refractivity contribution < 1.29 is 8.95 Å². The van der Waals surface area contributed by atoms with Gasteiger partial charge in [-0.25, -0.2) is 0 Å². The zero-order valence-corrected chi connectivity index (χ0v) is 14.7. The Labute approximate surface area is 140 Å². The molecule has 23 heavy (non-hydrogen) atoms. The van der Waals surface area contributed by atoms with Gasteiger partial charge >= 0.3 is 0 Å². The van der Waals surface area contributed by atoms with Gasteiger partial charge in [-0.1, -0.05) is 30.3 Å². The summed E-state index contributed by atoms with van der Waals surface area (Å²) >= 11 is 0. The monoisotopic (exact) mass is 329 g/mol. The third-order valence-electron chi connectivity index (χ3n) is 4.59. The molecule has 0 amide bonds. The third-order valence-corrected chi connectivity index (χ3v) is 5.53. The molecule has 1 aliphatic rings. The molecule has 0 N–H and O–H groups in total. The lowest BCUT2D eigenvalue weighted by molar-refractivity contribution is 0.105. The minimum Gasteiger partial charge on any atom is -0.488 e. The van der Waals surface area contributed by atoms with Crippen molar-refractivity contribution >= 4 is 10.8 Å². The second-order valence-corrected chi connectivity index (χ2v) is 7.60. The van der Waals surface area contributed by atoms with Gasteiger partial charge in [0.1, 0.15) is 11.9 Å². The van der Waals surface area contributed by atoms with Crippen LogP contribution in [-0.4, -0.2) is 34.6 Å². The number of likely N-dealkylation sites (N-methyl/N-ethyl adjacent to an activating group) is 1. The van der Waals surface area contributed by atoms with E-state index in [0.29, 0.717) is 6.04 Å². The van der Waals surface area contributed by atoms with Crippen LogP contribution >= 0.6 is 0 Å². The number of nitrogens with zero attached hydrogens (tertiary/aromatic N) is 1. The predicted octanol–water partition coefficient (Wildman–Crippen LogP) is 3.25. The van der Waals surface area contributed by atoms with E-state index in [2.05, 4.69) is 43.1 Å². The standard InChI is InChI=1S/C19H23NO2S/c1-14(19-12-16-6-4-5-7-18(16)22-19)20(2)13-15-8-10-17(11-9-15)23(3)21/h4-11,14,19H,12-13H2,1-3H3. The van der Waals surface area contributed by atoms with E-state index in [9.17, 15) is 4.21 Å². The van der Waals surface area contributed by atoms with Gasteiger partial charge in [0, 0.05) is 41.0 Å². The Bertz CT molecular complexity index is 674. The highest BCUT2D eigenvalue weighted by Gasteiger charge is 2.29. The van der Waals surface area contributed by atoms with E-state index in [1.807, 2.05) is 24.3 Å². The minimum atomic E-state index is -0.917. The fourth-order valence-corrected chi connectivity index (χ4v) is 3.50. The van der Waals surface area contributed by atoms with E-state index in [-0.39, 0.29) is 6.10 Å². The zero-order valence-electron chi connectivity index (χ0n) is 13.9. The lowest BCUT2D eigenvalue weighted by Gasteiger charge is -2.29. The molecule has 3 nitrogen and oxygen atoms in total.